The van der Waals surface area contributed by atoms with Crippen molar-refractivity contribution in [1.29, 1.82) is 0 Å². The smallest absolute Gasteiger partial charge is 0.254 e. The number of piperazine rings is 1. The second kappa shape index (κ2) is 13.6. The minimum absolute atomic E-state index is 0.0374. The molecule has 0 bridgehead atoms. The van der Waals surface area contributed by atoms with Crippen molar-refractivity contribution in [2.75, 3.05) is 26.2 Å². The molecule has 2 heterocycles. The summed E-state index contributed by atoms with van der Waals surface area (Å²) in [6.07, 6.45) is 11.2. The molecule has 0 spiro atoms. The van der Waals surface area contributed by atoms with E-state index in [2.05, 4.69) is 65.8 Å². The quantitative estimate of drug-likeness (QED) is 0.236. The summed E-state index contributed by atoms with van der Waals surface area (Å²) in [6.45, 7) is 16.2. The van der Waals surface area contributed by atoms with Crippen molar-refractivity contribution in [3.05, 3.63) is 35.4 Å². The van der Waals surface area contributed by atoms with Gasteiger partial charge in [-0.2, -0.15) is 0 Å². The highest BCUT2D eigenvalue weighted by Crippen LogP contribution is 2.48. The zero-order chi connectivity index (χ0) is 31.6. The second-order valence-electron chi connectivity index (χ2n) is 15.6. The third kappa shape index (κ3) is 7.43. The highest BCUT2D eigenvalue weighted by molar-refractivity contribution is 5.88. The van der Waals surface area contributed by atoms with Crippen molar-refractivity contribution in [1.82, 2.24) is 9.80 Å². The summed E-state index contributed by atoms with van der Waals surface area (Å²) in [6, 6.07) is 9.85. The molecule has 1 aromatic carbocycles. The molecule has 44 heavy (non-hydrogen) atoms. The number of carbonyl (C=O) groups is 2. The fourth-order valence-corrected chi connectivity index (χ4v) is 8.77. The molecular weight excluding hydrogens is 546 g/mol. The van der Waals surface area contributed by atoms with Gasteiger partial charge in [0.2, 0.25) is 5.91 Å². The number of unbranched alkanes of at least 4 members (excludes halogenated alkanes) is 2. The molecule has 0 radical (unpaired) electrons. The molecule has 4 aliphatic rings. The topological polar surface area (TPSA) is 73.2 Å². The number of hydrogen-bond donors (Lipinski definition) is 1. The normalized spacial score (nSPS) is 32.9. The summed E-state index contributed by atoms with van der Waals surface area (Å²) >= 11 is 0. The third-order valence-electron chi connectivity index (χ3n) is 12.0. The number of nitrogens with zero attached hydrogens (tertiary/aromatic N) is 3. The molecule has 2 aliphatic heterocycles. The predicted octanol–water partition coefficient (Wildman–Crippen LogP) is 7.35. The number of aliphatic imine (C=N–C) groups is 1. The van der Waals surface area contributed by atoms with Gasteiger partial charge in [0.15, 0.2) is 0 Å². The first-order chi connectivity index (χ1) is 20.9. The van der Waals surface area contributed by atoms with Crippen LogP contribution in [0.2, 0.25) is 0 Å². The highest BCUT2D eigenvalue weighted by atomic mass is 16.3. The van der Waals surface area contributed by atoms with E-state index in [4.69, 9.17) is 4.99 Å². The van der Waals surface area contributed by atoms with Crippen molar-refractivity contribution in [2.45, 2.75) is 136 Å². The molecule has 2 amide bonds. The molecule has 6 nitrogen and oxygen atoms in total. The van der Waals surface area contributed by atoms with E-state index in [9.17, 15) is 14.7 Å². The average molecular weight is 606 g/mol. The molecule has 2 aliphatic carbocycles. The van der Waals surface area contributed by atoms with Crippen molar-refractivity contribution in [3.63, 3.8) is 0 Å². The van der Waals surface area contributed by atoms with Crippen molar-refractivity contribution >= 4 is 17.5 Å². The van der Waals surface area contributed by atoms with Gasteiger partial charge in [0, 0.05) is 43.9 Å². The zero-order valence-electron chi connectivity index (χ0n) is 28.5. The summed E-state index contributed by atoms with van der Waals surface area (Å²) in [7, 11) is 0. The first kappa shape index (κ1) is 33.2. The molecule has 244 valence electrons. The molecule has 2 saturated carbocycles. The Balaban J connectivity index is 1.29. The van der Waals surface area contributed by atoms with Gasteiger partial charge in [-0.1, -0.05) is 71.2 Å². The van der Waals surface area contributed by atoms with Crippen LogP contribution >= 0.6 is 0 Å². The van der Waals surface area contributed by atoms with E-state index in [-0.39, 0.29) is 23.1 Å². The van der Waals surface area contributed by atoms with Crippen LogP contribution in [0.4, 0.5) is 0 Å². The van der Waals surface area contributed by atoms with Gasteiger partial charge in [-0.25, -0.2) is 0 Å². The van der Waals surface area contributed by atoms with Gasteiger partial charge in [-0.3, -0.25) is 14.6 Å². The van der Waals surface area contributed by atoms with Crippen LogP contribution < -0.4 is 0 Å². The van der Waals surface area contributed by atoms with E-state index in [1.807, 2.05) is 4.90 Å². The van der Waals surface area contributed by atoms with Gasteiger partial charge in [0.25, 0.3) is 5.91 Å². The molecule has 1 aromatic rings. The van der Waals surface area contributed by atoms with Gasteiger partial charge in [0.1, 0.15) is 5.60 Å². The SMILES string of the molecule is CCCCCC1(C)CC(C(=O)N2CCN(C(=O)C3(O)CC3)CC2)CCC(c2cccc(C(C)C3CC(C)=NC(C)C3C)c2)C1. The standard InChI is InChI=1S/C38H59N3O3/c1-7-8-9-15-37(6)24-32(31-12-10-11-30(23-31)28(4)34-22-26(2)39-29(5)27(34)3)13-14-33(25-37)35(42)40-18-20-41(21-19-40)36(43)38(44)16-17-38/h10-12,23,27-29,32-34,44H,7-9,13-22,24-25H2,1-6H3. The van der Waals surface area contributed by atoms with Crippen LogP contribution in [0.5, 0.6) is 0 Å². The number of carbonyl (C=O) groups excluding carboxylic acids is 2. The summed E-state index contributed by atoms with van der Waals surface area (Å²) < 4.78 is 0. The average Bonchev–Trinajstić information content (AvgIpc) is 3.80. The van der Waals surface area contributed by atoms with Gasteiger partial charge in [0.05, 0.1) is 0 Å². The number of rotatable bonds is 9. The van der Waals surface area contributed by atoms with Gasteiger partial charge >= 0.3 is 0 Å². The Bertz CT molecular complexity index is 1200. The minimum atomic E-state index is -1.13. The molecule has 6 heteroatoms. The number of benzene rings is 1. The summed E-state index contributed by atoms with van der Waals surface area (Å²) in [5.41, 5.74) is 3.20. The Hall–Kier alpha value is -2.21. The lowest BCUT2D eigenvalue weighted by molar-refractivity contribution is -0.148. The molecule has 7 unspecified atom stereocenters. The predicted molar refractivity (Wildman–Crippen MR) is 179 cm³/mol. The van der Waals surface area contributed by atoms with Crippen LogP contribution in [0.3, 0.4) is 0 Å². The molecule has 5 rings (SSSR count). The molecule has 0 aromatic heterocycles. The Morgan fingerprint density at radius 3 is 2.43 bits per heavy atom. The fraction of sp³-hybridized carbons (Fsp3) is 0.763. The van der Waals surface area contributed by atoms with Gasteiger partial charge in [-0.05, 0) is 105 Å². The van der Waals surface area contributed by atoms with Crippen LogP contribution in [0.1, 0.15) is 135 Å². The molecule has 1 N–H and O–H groups in total. The van der Waals surface area contributed by atoms with E-state index in [1.165, 1.54) is 42.5 Å². The van der Waals surface area contributed by atoms with Crippen LogP contribution in [-0.2, 0) is 9.59 Å². The maximum absolute atomic E-state index is 14.0. The Morgan fingerprint density at radius 1 is 1.05 bits per heavy atom. The molecular formula is C38H59N3O3. The molecule has 7 atom stereocenters. The van der Waals surface area contributed by atoms with Crippen LogP contribution in [0, 0.1) is 23.2 Å². The van der Waals surface area contributed by atoms with Crippen molar-refractivity contribution in [2.24, 2.45) is 28.2 Å². The Labute approximate surface area is 267 Å². The first-order valence-electron chi connectivity index (χ1n) is 17.9. The van der Waals surface area contributed by atoms with Crippen molar-refractivity contribution < 1.29 is 14.7 Å². The zero-order valence-corrected chi connectivity index (χ0v) is 28.5. The lowest BCUT2D eigenvalue weighted by Crippen LogP contribution is -2.54. The summed E-state index contributed by atoms with van der Waals surface area (Å²) in [5.74, 6) is 2.31. The maximum Gasteiger partial charge on any atom is 0.254 e. The van der Waals surface area contributed by atoms with E-state index >= 15 is 0 Å². The minimum Gasteiger partial charge on any atom is -0.380 e. The summed E-state index contributed by atoms with van der Waals surface area (Å²) in [5, 5.41) is 10.3. The lowest BCUT2D eigenvalue weighted by atomic mass is 9.71. The van der Waals surface area contributed by atoms with E-state index in [0.717, 1.165) is 32.1 Å². The van der Waals surface area contributed by atoms with E-state index in [1.54, 1.807) is 4.90 Å². The molecule has 1 saturated heterocycles. The third-order valence-corrected chi connectivity index (χ3v) is 12.0. The second-order valence-corrected chi connectivity index (χ2v) is 15.6. The number of amides is 2. The van der Waals surface area contributed by atoms with E-state index in [0.29, 0.717) is 68.7 Å². The number of hydrogen-bond acceptors (Lipinski definition) is 4. The van der Waals surface area contributed by atoms with Crippen LogP contribution in [0.15, 0.2) is 29.3 Å². The van der Waals surface area contributed by atoms with Crippen LogP contribution in [0.25, 0.3) is 0 Å². The van der Waals surface area contributed by atoms with Crippen molar-refractivity contribution in [3.8, 4) is 0 Å². The number of aliphatic hydroxyl groups is 1. The van der Waals surface area contributed by atoms with Gasteiger partial charge < -0.3 is 14.9 Å². The largest absolute Gasteiger partial charge is 0.380 e. The van der Waals surface area contributed by atoms with Crippen LogP contribution in [-0.4, -0.2) is 70.3 Å². The van der Waals surface area contributed by atoms with Gasteiger partial charge in [-0.15, -0.1) is 0 Å². The fourth-order valence-electron chi connectivity index (χ4n) is 8.77. The first-order valence-corrected chi connectivity index (χ1v) is 17.9. The monoisotopic (exact) mass is 605 g/mol. The Morgan fingerprint density at radius 2 is 1.75 bits per heavy atom. The maximum atomic E-state index is 14.0. The molecule has 3 fully saturated rings. The Kier molecular flexibility index (Phi) is 10.3. The lowest BCUT2D eigenvalue weighted by Gasteiger charge is -2.38. The van der Waals surface area contributed by atoms with E-state index < -0.39 is 5.60 Å². The summed E-state index contributed by atoms with van der Waals surface area (Å²) in [4.78, 5) is 35.3. The highest BCUT2D eigenvalue weighted by Gasteiger charge is 2.50.